The predicted octanol–water partition coefficient (Wildman–Crippen LogP) is 1.23. The highest BCUT2D eigenvalue weighted by molar-refractivity contribution is 6.73. The van der Waals surface area contributed by atoms with Crippen molar-refractivity contribution in [3.8, 4) is 0 Å². The lowest BCUT2D eigenvalue weighted by molar-refractivity contribution is -0.338. The average molecular weight is 234 g/mol. The van der Waals surface area contributed by atoms with Crippen LogP contribution in [0.25, 0.3) is 0 Å². The summed E-state index contributed by atoms with van der Waals surface area (Å²) < 4.78 is 5.66. The van der Waals surface area contributed by atoms with E-state index in [-0.39, 0.29) is 6.10 Å². The third kappa shape index (κ3) is 3.51. The van der Waals surface area contributed by atoms with E-state index < -0.39 is 8.32 Å². The van der Waals surface area contributed by atoms with Crippen molar-refractivity contribution >= 4 is 8.32 Å². The zero-order valence-electron chi connectivity index (χ0n) is 10.1. The summed E-state index contributed by atoms with van der Waals surface area (Å²) in [5, 5.41) is 1.37. The van der Waals surface area contributed by atoms with Crippen LogP contribution in [0.3, 0.4) is 0 Å². The topological polar surface area (TPSA) is 43.0 Å². The Kier molecular flexibility index (Phi) is 5.17. The number of hydrogen-bond acceptors (Lipinski definition) is 5. The minimum Gasteiger partial charge on any atom is -0.419 e. The van der Waals surface area contributed by atoms with Gasteiger partial charge in [-0.25, -0.2) is 5.43 Å². The van der Waals surface area contributed by atoms with E-state index in [4.69, 9.17) is 14.1 Å². The first-order valence-electron chi connectivity index (χ1n) is 5.54. The Labute approximate surface area is 92.7 Å². The summed E-state index contributed by atoms with van der Waals surface area (Å²) >= 11 is 0. The van der Waals surface area contributed by atoms with Crippen molar-refractivity contribution in [1.82, 2.24) is 10.8 Å². The Bertz CT molecular complexity index is 182. The van der Waals surface area contributed by atoms with Crippen molar-refractivity contribution in [2.45, 2.75) is 39.0 Å². The number of hydrazine groups is 1. The fourth-order valence-corrected chi connectivity index (χ4v) is 3.69. The molecule has 0 saturated carbocycles. The van der Waals surface area contributed by atoms with Crippen LogP contribution in [-0.4, -0.2) is 39.6 Å². The lowest BCUT2D eigenvalue weighted by atomic mass is 10.5. The van der Waals surface area contributed by atoms with E-state index in [1.165, 1.54) is 5.34 Å². The van der Waals surface area contributed by atoms with Crippen molar-refractivity contribution in [2.24, 2.45) is 0 Å². The molecule has 0 spiro atoms. The Morgan fingerprint density at radius 3 is 2.53 bits per heavy atom. The molecule has 90 valence electrons. The Hall–Kier alpha value is 0.0169. The number of hydrogen-bond donors (Lipinski definition) is 1. The van der Waals surface area contributed by atoms with Crippen LogP contribution in [-0.2, 0) is 14.1 Å². The summed E-state index contributed by atoms with van der Waals surface area (Å²) in [5.74, 6) is 0. The zero-order valence-corrected chi connectivity index (χ0v) is 11.1. The van der Waals surface area contributed by atoms with Gasteiger partial charge in [0, 0.05) is 18.6 Å². The maximum atomic E-state index is 5.66. The molecule has 0 aliphatic carbocycles. The minimum atomic E-state index is -1.62. The normalized spacial score (nSPS) is 23.6. The molecule has 0 bridgehead atoms. The van der Waals surface area contributed by atoms with Crippen LogP contribution in [0.4, 0.5) is 0 Å². The highest BCUT2D eigenvalue weighted by atomic mass is 28.4. The molecule has 0 amide bonds. The first kappa shape index (κ1) is 13.1. The third-order valence-corrected chi connectivity index (χ3v) is 7.20. The number of nitrogens with one attached hydrogen (secondary N) is 1. The lowest BCUT2D eigenvalue weighted by Crippen LogP contribution is -2.51. The molecule has 5 nitrogen and oxygen atoms in total. The summed E-state index contributed by atoms with van der Waals surface area (Å²) in [7, 11) is 0.181. The van der Waals surface area contributed by atoms with Gasteiger partial charge >= 0.3 is 0 Å². The molecule has 1 aliphatic heterocycles. The molecule has 1 unspecified atom stereocenters. The minimum absolute atomic E-state index is 0.124. The molecule has 0 aromatic heterocycles. The van der Waals surface area contributed by atoms with Crippen LogP contribution < -0.4 is 5.43 Å². The van der Waals surface area contributed by atoms with E-state index in [2.05, 4.69) is 19.3 Å². The van der Waals surface area contributed by atoms with Gasteiger partial charge in [-0.1, -0.05) is 13.8 Å². The van der Waals surface area contributed by atoms with Crippen LogP contribution in [0.5, 0.6) is 0 Å². The van der Waals surface area contributed by atoms with Crippen molar-refractivity contribution in [3.05, 3.63) is 0 Å². The molecule has 1 N–H and O–H groups in total. The van der Waals surface area contributed by atoms with E-state index in [1.807, 2.05) is 6.92 Å². The van der Waals surface area contributed by atoms with Gasteiger partial charge in [0.2, 0.25) is 8.32 Å². The summed E-state index contributed by atoms with van der Waals surface area (Å²) in [5.41, 5.74) is 3.13. The Morgan fingerprint density at radius 1 is 1.47 bits per heavy atom. The van der Waals surface area contributed by atoms with Gasteiger partial charge in [0.15, 0.2) is 0 Å². The molecule has 0 aromatic carbocycles. The molecule has 1 fully saturated rings. The molecule has 1 saturated heterocycles. The first-order chi connectivity index (χ1) is 7.15. The molecule has 1 aliphatic rings. The SMILES string of the molecule is CC[Si](CC)(CNN1OCC(C)O1)OC. The third-order valence-electron chi connectivity index (χ3n) is 2.95. The predicted molar refractivity (Wildman–Crippen MR) is 60.1 cm³/mol. The van der Waals surface area contributed by atoms with Crippen LogP contribution >= 0.6 is 0 Å². The quantitative estimate of drug-likeness (QED) is 0.700. The molecule has 1 rings (SSSR count). The first-order valence-corrected chi connectivity index (χ1v) is 8.07. The standard InChI is InChI=1S/C9H22N2O3Si/c1-5-15(6-2,12-4)8-10-11-13-7-9(3)14-11/h9-10H,5-8H2,1-4H3. The molecule has 0 radical (unpaired) electrons. The highest BCUT2D eigenvalue weighted by Gasteiger charge is 2.31. The molecule has 1 heterocycles. The summed E-state index contributed by atoms with van der Waals surface area (Å²) in [6, 6.07) is 2.19. The Balaban J connectivity index is 2.33. The van der Waals surface area contributed by atoms with Crippen molar-refractivity contribution in [3.63, 3.8) is 0 Å². The van der Waals surface area contributed by atoms with Crippen molar-refractivity contribution < 1.29 is 14.1 Å². The Morgan fingerprint density at radius 2 is 2.13 bits per heavy atom. The summed E-state index contributed by atoms with van der Waals surface area (Å²) in [6.45, 7) is 6.93. The smallest absolute Gasteiger partial charge is 0.206 e. The van der Waals surface area contributed by atoms with Gasteiger partial charge < -0.3 is 4.43 Å². The van der Waals surface area contributed by atoms with E-state index in [9.17, 15) is 0 Å². The van der Waals surface area contributed by atoms with Crippen LogP contribution in [0.2, 0.25) is 12.1 Å². The summed E-state index contributed by atoms with van der Waals surface area (Å²) in [6.07, 6.45) is 0.947. The fraction of sp³-hybridized carbons (Fsp3) is 1.00. The second kappa shape index (κ2) is 5.93. The highest BCUT2D eigenvalue weighted by Crippen LogP contribution is 2.15. The fourth-order valence-electron chi connectivity index (χ4n) is 1.55. The second-order valence-corrected chi connectivity index (χ2v) is 8.44. The zero-order chi connectivity index (χ0) is 11.3. The van der Waals surface area contributed by atoms with Gasteiger partial charge in [-0.3, -0.25) is 9.68 Å². The van der Waals surface area contributed by atoms with Gasteiger partial charge in [-0.2, -0.15) is 0 Å². The van der Waals surface area contributed by atoms with Gasteiger partial charge in [-0.15, -0.1) is 0 Å². The van der Waals surface area contributed by atoms with Gasteiger partial charge in [0.05, 0.1) is 0 Å². The van der Waals surface area contributed by atoms with Crippen molar-refractivity contribution in [1.29, 1.82) is 0 Å². The van der Waals surface area contributed by atoms with Gasteiger partial charge in [-0.05, 0) is 19.0 Å². The lowest BCUT2D eigenvalue weighted by Gasteiger charge is -2.28. The molecule has 6 heteroatoms. The van der Waals surface area contributed by atoms with Crippen LogP contribution in [0.1, 0.15) is 20.8 Å². The summed E-state index contributed by atoms with van der Waals surface area (Å²) in [4.78, 5) is 10.6. The van der Waals surface area contributed by atoms with E-state index in [0.29, 0.717) is 6.61 Å². The maximum absolute atomic E-state index is 5.66. The molecular weight excluding hydrogens is 212 g/mol. The average Bonchev–Trinajstić information content (AvgIpc) is 2.67. The largest absolute Gasteiger partial charge is 0.419 e. The monoisotopic (exact) mass is 234 g/mol. The number of rotatable bonds is 6. The van der Waals surface area contributed by atoms with E-state index in [0.717, 1.165) is 18.3 Å². The van der Waals surface area contributed by atoms with Gasteiger partial charge in [0.25, 0.3) is 0 Å². The van der Waals surface area contributed by atoms with Gasteiger partial charge in [0.1, 0.15) is 12.7 Å². The van der Waals surface area contributed by atoms with E-state index in [1.54, 1.807) is 7.11 Å². The maximum Gasteiger partial charge on any atom is 0.206 e. The van der Waals surface area contributed by atoms with Crippen LogP contribution in [0.15, 0.2) is 0 Å². The molecule has 15 heavy (non-hydrogen) atoms. The van der Waals surface area contributed by atoms with E-state index >= 15 is 0 Å². The number of nitrogens with zero attached hydrogens (tertiary/aromatic N) is 1. The second-order valence-electron chi connectivity index (χ2n) is 3.90. The van der Waals surface area contributed by atoms with Crippen LogP contribution in [0, 0.1) is 0 Å². The molecular formula is C9H22N2O3Si. The van der Waals surface area contributed by atoms with Crippen molar-refractivity contribution in [2.75, 3.05) is 19.9 Å². The molecule has 0 aromatic rings. The molecule has 1 atom stereocenters.